The van der Waals surface area contributed by atoms with Crippen molar-refractivity contribution in [2.75, 3.05) is 12.3 Å². The molecule has 0 atom stereocenters. The number of anilines is 1. The first-order chi connectivity index (χ1) is 5.24. The lowest BCUT2D eigenvalue weighted by Crippen LogP contribution is -1.97. The Morgan fingerprint density at radius 2 is 2.64 bits per heavy atom. The van der Waals surface area contributed by atoms with E-state index in [-0.39, 0.29) is 6.61 Å². The minimum atomic E-state index is -0.0266. The maximum Gasteiger partial charge on any atom is 0.257 e. The summed E-state index contributed by atoms with van der Waals surface area (Å²) in [5.74, 6) is 0.314. The fraction of sp³-hybridized carbons (Fsp3) is 0.333. The first kappa shape index (κ1) is 7.41. The van der Waals surface area contributed by atoms with Gasteiger partial charge in [-0.2, -0.15) is 5.26 Å². The topological polar surface area (TPSA) is 76.9 Å². The van der Waals surface area contributed by atoms with Crippen molar-refractivity contribution in [2.24, 2.45) is 7.05 Å². The second-order valence-electron chi connectivity index (χ2n) is 2.01. The van der Waals surface area contributed by atoms with E-state index in [2.05, 4.69) is 5.10 Å². The zero-order valence-electron chi connectivity index (χ0n) is 6.11. The molecule has 1 heterocycles. The van der Waals surface area contributed by atoms with Gasteiger partial charge in [0, 0.05) is 7.05 Å². The van der Waals surface area contributed by atoms with Crippen LogP contribution in [0.5, 0.6) is 5.88 Å². The second kappa shape index (κ2) is 2.92. The Morgan fingerprint density at radius 1 is 1.91 bits per heavy atom. The van der Waals surface area contributed by atoms with Gasteiger partial charge >= 0.3 is 0 Å². The van der Waals surface area contributed by atoms with Crippen molar-refractivity contribution < 1.29 is 4.74 Å². The number of aryl methyl sites for hydroxylation is 1. The monoisotopic (exact) mass is 152 g/mol. The third-order valence-electron chi connectivity index (χ3n) is 1.09. The molecular formula is C6H8N4O. The van der Waals surface area contributed by atoms with Crippen molar-refractivity contribution in [3.63, 3.8) is 0 Å². The van der Waals surface area contributed by atoms with Gasteiger partial charge in [-0.15, -0.1) is 5.10 Å². The Kier molecular flexibility index (Phi) is 1.97. The van der Waals surface area contributed by atoms with Crippen LogP contribution in [0.1, 0.15) is 0 Å². The van der Waals surface area contributed by atoms with E-state index in [4.69, 9.17) is 15.7 Å². The fourth-order valence-corrected chi connectivity index (χ4v) is 0.699. The van der Waals surface area contributed by atoms with Crippen LogP contribution in [-0.2, 0) is 7.05 Å². The molecule has 0 radical (unpaired) electrons. The maximum atomic E-state index is 8.17. The molecule has 5 nitrogen and oxygen atoms in total. The maximum absolute atomic E-state index is 8.17. The lowest BCUT2D eigenvalue weighted by molar-refractivity contribution is 0.350. The van der Waals surface area contributed by atoms with E-state index in [9.17, 15) is 0 Å². The highest BCUT2D eigenvalue weighted by molar-refractivity contribution is 5.45. The van der Waals surface area contributed by atoms with Crippen molar-refractivity contribution in [2.45, 2.75) is 0 Å². The Balaban J connectivity index is 2.71. The molecule has 58 valence electrons. The first-order valence-corrected chi connectivity index (χ1v) is 3.03. The number of nitrogens with two attached hydrogens (primary N) is 1. The van der Waals surface area contributed by atoms with E-state index in [0.29, 0.717) is 11.6 Å². The van der Waals surface area contributed by atoms with Gasteiger partial charge in [0.25, 0.3) is 5.88 Å². The summed E-state index contributed by atoms with van der Waals surface area (Å²) in [6.45, 7) is -0.0266. The Labute approximate surface area is 64.0 Å². The van der Waals surface area contributed by atoms with Crippen LogP contribution < -0.4 is 10.5 Å². The summed E-state index contributed by atoms with van der Waals surface area (Å²) in [5, 5.41) is 12.0. The fourth-order valence-electron chi connectivity index (χ4n) is 0.699. The van der Waals surface area contributed by atoms with Gasteiger partial charge < -0.3 is 10.5 Å². The highest BCUT2D eigenvalue weighted by Crippen LogP contribution is 2.16. The summed E-state index contributed by atoms with van der Waals surface area (Å²) in [4.78, 5) is 0. The molecule has 0 aromatic carbocycles. The molecule has 2 N–H and O–H groups in total. The van der Waals surface area contributed by atoms with E-state index in [1.807, 2.05) is 6.07 Å². The summed E-state index contributed by atoms with van der Waals surface area (Å²) >= 11 is 0. The van der Waals surface area contributed by atoms with Crippen molar-refractivity contribution >= 4 is 5.69 Å². The summed E-state index contributed by atoms with van der Waals surface area (Å²) in [6, 6.07) is 1.83. The van der Waals surface area contributed by atoms with E-state index in [1.54, 1.807) is 13.2 Å². The lowest BCUT2D eigenvalue weighted by Gasteiger charge is -1.94. The number of aromatic nitrogens is 2. The normalized spacial score (nSPS) is 9.09. The molecule has 0 amide bonds. The summed E-state index contributed by atoms with van der Waals surface area (Å²) in [7, 11) is 1.73. The third-order valence-corrected chi connectivity index (χ3v) is 1.09. The van der Waals surface area contributed by atoms with Crippen molar-refractivity contribution in [3.05, 3.63) is 6.20 Å². The standard InChI is InChI=1S/C6H8N4O/c1-10-4-5(8)6(9-10)11-3-2-7/h4H,3,8H2,1H3. The van der Waals surface area contributed by atoms with Gasteiger partial charge in [-0.3, -0.25) is 4.68 Å². The van der Waals surface area contributed by atoms with Crippen LogP contribution in [0.3, 0.4) is 0 Å². The molecule has 1 rings (SSSR count). The third kappa shape index (κ3) is 1.61. The number of hydrogen-bond donors (Lipinski definition) is 1. The quantitative estimate of drug-likeness (QED) is 0.642. The lowest BCUT2D eigenvalue weighted by atomic mass is 10.6. The van der Waals surface area contributed by atoms with Gasteiger partial charge in [0.15, 0.2) is 6.61 Å². The molecule has 0 unspecified atom stereocenters. The molecule has 1 aromatic rings. The van der Waals surface area contributed by atoms with Crippen molar-refractivity contribution in [1.29, 1.82) is 5.26 Å². The number of nitrogens with zero attached hydrogens (tertiary/aromatic N) is 3. The average molecular weight is 152 g/mol. The van der Waals surface area contributed by atoms with Gasteiger partial charge in [-0.25, -0.2) is 0 Å². The Bertz CT molecular complexity index is 285. The molecule has 1 aromatic heterocycles. The molecule has 0 aliphatic heterocycles. The van der Waals surface area contributed by atoms with Gasteiger partial charge in [0.2, 0.25) is 0 Å². The SMILES string of the molecule is Cn1cc(N)c(OCC#N)n1. The van der Waals surface area contributed by atoms with Crippen LogP contribution in [0.2, 0.25) is 0 Å². The molecule has 11 heavy (non-hydrogen) atoms. The summed E-state index contributed by atoms with van der Waals surface area (Å²) in [6.07, 6.45) is 1.62. The van der Waals surface area contributed by atoms with Gasteiger partial charge in [0.05, 0.1) is 6.20 Å². The predicted octanol–water partition coefficient (Wildman–Crippen LogP) is -0.0953. The van der Waals surface area contributed by atoms with Crippen LogP contribution in [0.25, 0.3) is 0 Å². The minimum Gasteiger partial charge on any atom is -0.460 e. The van der Waals surface area contributed by atoms with Gasteiger partial charge in [-0.05, 0) is 0 Å². The summed E-state index contributed by atoms with van der Waals surface area (Å²) < 4.78 is 6.42. The zero-order valence-corrected chi connectivity index (χ0v) is 6.11. The molecule has 0 bridgehead atoms. The number of hydrogen-bond acceptors (Lipinski definition) is 4. The second-order valence-corrected chi connectivity index (χ2v) is 2.01. The molecular weight excluding hydrogens is 144 g/mol. The van der Waals surface area contributed by atoms with Crippen LogP contribution in [-0.4, -0.2) is 16.4 Å². The van der Waals surface area contributed by atoms with Crippen LogP contribution in [0.15, 0.2) is 6.20 Å². The van der Waals surface area contributed by atoms with Crippen molar-refractivity contribution in [3.8, 4) is 11.9 Å². The molecule has 5 heteroatoms. The van der Waals surface area contributed by atoms with E-state index in [0.717, 1.165) is 0 Å². The molecule has 0 aliphatic carbocycles. The number of ether oxygens (including phenoxy) is 1. The van der Waals surface area contributed by atoms with Gasteiger partial charge in [0.1, 0.15) is 11.8 Å². The minimum absolute atomic E-state index is 0.0266. The van der Waals surface area contributed by atoms with Crippen LogP contribution in [0, 0.1) is 11.3 Å². The van der Waals surface area contributed by atoms with Crippen molar-refractivity contribution in [1.82, 2.24) is 9.78 Å². The van der Waals surface area contributed by atoms with E-state index < -0.39 is 0 Å². The number of nitrogen functional groups attached to an aromatic ring is 1. The Morgan fingerprint density at radius 3 is 3.09 bits per heavy atom. The molecule has 0 aliphatic rings. The number of nitriles is 1. The van der Waals surface area contributed by atoms with E-state index >= 15 is 0 Å². The Hall–Kier alpha value is -1.70. The van der Waals surface area contributed by atoms with Crippen LogP contribution >= 0.6 is 0 Å². The largest absolute Gasteiger partial charge is 0.460 e. The smallest absolute Gasteiger partial charge is 0.257 e. The highest BCUT2D eigenvalue weighted by Gasteiger charge is 2.03. The molecule has 0 fully saturated rings. The molecule has 0 saturated carbocycles. The van der Waals surface area contributed by atoms with Gasteiger partial charge in [-0.1, -0.05) is 0 Å². The van der Waals surface area contributed by atoms with Crippen LogP contribution in [0.4, 0.5) is 5.69 Å². The average Bonchev–Trinajstić information content (AvgIpc) is 2.26. The predicted molar refractivity (Wildman–Crippen MR) is 38.7 cm³/mol. The highest BCUT2D eigenvalue weighted by atomic mass is 16.5. The first-order valence-electron chi connectivity index (χ1n) is 3.03. The zero-order chi connectivity index (χ0) is 8.27. The molecule has 0 spiro atoms. The summed E-state index contributed by atoms with van der Waals surface area (Å²) in [5.41, 5.74) is 5.91. The molecule has 0 saturated heterocycles. The van der Waals surface area contributed by atoms with E-state index in [1.165, 1.54) is 4.68 Å². The number of rotatable bonds is 2.